The molecule has 23 heavy (non-hydrogen) atoms. The van der Waals surface area contributed by atoms with E-state index in [9.17, 15) is 4.79 Å². The molecule has 0 saturated carbocycles. The quantitative estimate of drug-likeness (QED) is 0.807. The van der Waals surface area contributed by atoms with Crippen LogP contribution in [0, 0.1) is 20.8 Å². The van der Waals surface area contributed by atoms with Gasteiger partial charge in [-0.2, -0.15) is 4.98 Å². The maximum absolute atomic E-state index is 12.4. The van der Waals surface area contributed by atoms with Crippen molar-refractivity contribution in [3.63, 3.8) is 0 Å². The van der Waals surface area contributed by atoms with E-state index in [1.165, 1.54) is 0 Å². The zero-order valence-electron chi connectivity index (χ0n) is 13.7. The molecule has 0 bridgehead atoms. The smallest absolute Gasteiger partial charge is 0.291 e. The lowest BCUT2D eigenvalue weighted by Gasteiger charge is -2.16. The molecule has 118 valence electrons. The average molecular weight is 309 g/mol. The first-order valence-electron chi connectivity index (χ1n) is 7.52. The predicted molar refractivity (Wildman–Crippen MR) is 87.3 cm³/mol. The van der Waals surface area contributed by atoms with E-state index in [1.54, 1.807) is 10.7 Å². The second kappa shape index (κ2) is 5.79. The summed E-state index contributed by atoms with van der Waals surface area (Å²) in [5.74, 6) is 0.252. The maximum atomic E-state index is 12.4. The molecular formula is C17H19N5O. The Morgan fingerprint density at radius 3 is 2.74 bits per heavy atom. The Labute approximate surface area is 134 Å². The number of carbonyl (C=O) groups is 1. The van der Waals surface area contributed by atoms with Crippen molar-refractivity contribution in [3.05, 3.63) is 58.7 Å². The van der Waals surface area contributed by atoms with Crippen molar-refractivity contribution in [2.24, 2.45) is 0 Å². The second-order valence-corrected chi connectivity index (χ2v) is 5.79. The standard InChI is InChI=1S/C17H19N5O/c1-10-5-6-11(2)14(9-10)13(4)19-16(23)15-20-17-18-8-7-12(3)22(17)21-15/h5-9,13H,1-4H3,(H,19,23). The lowest BCUT2D eigenvalue weighted by atomic mass is 10.00. The lowest BCUT2D eigenvalue weighted by Crippen LogP contribution is -2.28. The molecule has 3 rings (SSSR count). The minimum atomic E-state index is -0.302. The highest BCUT2D eigenvalue weighted by Crippen LogP contribution is 2.19. The van der Waals surface area contributed by atoms with Crippen molar-refractivity contribution in [3.8, 4) is 0 Å². The third-order valence-corrected chi connectivity index (χ3v) is 3.88. The number of amides is 1. The van der Waals surface area contributed by atoms with Crippen LogP contribution in [-0.2, 0) is 0 Å². The molecule has 1 amide bonds. The molecule has 0 saturated heterocycles. The summed E-state index contributed by atoms with van der Waals surface area (Å²) in [7, 11) is 0. The van der Waals surface area contributed by atoms with E-state index in [1.807, 2.05) is 33.8 Å². The van der Waals surface area contributed by atoms with Gasteiger partial charge >= 0.3 is 0 Å². The summed E-state index contributed by atoms with van der Waals surface area (Å²) in [5.41, 5.74) is 4.28. The molecule has 0 radical (unpaired) electrons. The van der Waals surface area contributed by atoms with Gasteiger partial charge in [-0.05, 0) is 44.9 Å². The van der Waals surface area contributed by atoms with E-state index in [0.717, 1.165) is 22.4 Å². The fourth-order valence-electron chi connectivity index (χ4n) is 2.57. The largest absolute Gasteiger partial charge is 0.343 e. The van der Waals surface area contributed by atoms with Crippen molar-refractivity contribution in [2.75, 3.05) is 0 Å². The molecule has 2 heterocycles. The molecular weight excluding hydrogens is 290 g/mol. The van der Waals surface area contributed by atoms with Crippen LogP contribution in [0.4, 0.5) is 0 Å². The van der Waals surface area contributed by atoms with Gasteiger partial charge < -0.3 is 5.32 Å². The highest BCUT2D eigenvalue weighted by atomic mass is 16.2. The summed E-state index contributed by atoms with van der Waals surface area (Å²) < 4.78 is 1.57. The minimum absolute atomic E-state index is 0.122. The lowest BCUT2D eigenvalue weighted by molar-refractivity contribution is 0.0929. The number of benzene rings is 1. The summed E-state index contributed by atoms with van der Waals surface area (Å²) in [6.45, 7) is 7.92. The monoisotopic (exact) mass is 309 g/mol. The number of rotatable bonds is 3. The SMILES string of the molecule is Cc1ccc(C)c(C(C)NC(=O)c2nc3nccc(C)n3n2)c1. The van der Waals surface area contributed by atoms with Crippen molar-refractivity contribution >= 4 is 11.7 Å². The molecule has 6 heteroatoms. The highest BCUT2D eigenvalue weighted by molar-refractivity contribution is 5.91. The molecule has 0 fully saturated rings. The number of fused-ring (bicyclic) bond motifs is 1. The topological polar surface area (TPSA) is 72.2 Å². The van der Waals surface area contributed by atoms with Gasteiger partial charge in [0.15, 0.2) is 0 Å². The molecule has 1 aromatic carbocycles. The molecule has 2 aromatic heterocycles. The third-order valence-electron chi connectivity index (χ3n) is 3.88. The van der Waals surface area contributed by atoms with E-state index in [-0.39, 0.29) is 17.8 Å². The summed E-state index contributed by atoms with van der Waals surface area (Å²) in [6.07, 6.45) is 1.65. The van der Waals surface area contributed by atoms with Gasteiger partial charge in [0.2, 0.25) is 5.82 Å². The van der Waals surface area contributed by atoms with Gasteiger partial charge in [-0.25, -0.2) is 9.50 Å². The van der Waals surface area contributed by atoms with Crippen LogP contribution in [0.3, 0.4) is 0 Å². The van der Waals surface area contributed by atoms with Crippen LogP contribution in [0.1, 0.15) is 46.0 Å². The van der Waals surface area contributed by atoms with Crippen molar-refractivity contribution < 1.29 is 4.79 Å². The molecule has 6 nitrogen and oxygen atoms in total. The van der Waals surface area contributed by atoms with Crippen molar-refractivity contribution in [1.82, 2.24) is 24.9 Å². The Bertz CT molecular complexity index is 884. The number of nitrogens with zero attached hydrogens (tertiary/aromatic N) is 4. The molecule has 1 N–H and O–H groups in total. The van der Waals surface area contributed by atoms with Crippen molar-refractivity contribution in [2.45, 2.75) is 33.7 Å². The summed E-state index contributed by atoms with van der Waals surface area (Å²) >= 11 is 0. The number of aromatic nitrogens is 4. The van der Waals surface area contributed by atoms with Gasteiger partial charge in [0, 0.05) is 11.9 Å². The van der Waals surface area contributed by atoms with Gasteiger partial charge in [0.1, 0.15) is 0 Å². The summed E-state index contributed by atoms with van der Waals surface area (Å²) in [4.78, 5) is 20.7. The Kier molecular flexibility index (Phi) is 3.82. The third kappa shape index (κ3) is 2.92. The highest BCUT2D eigenvalue weighted by Gasteiger charge is 2.18. The van der Waals surface area contributed by atoms with Gasteiger partial charge in [-0.1, -0.05) is 23.8 Å². The fourth-order valence-corrected chi connectivity index (χ4v) is 2.57. The first-order chi connectivity index (χ1) is 11.0. The molecule has 1 unspecified atom stereocenters. The summed E-state index contributed by atoms with van der Waals surface area (Å²) in [5, 5.41) is 7.19. The van der Waals surface area contributed by atoms with E-state index in [0.29, 0.717) is 5.78 Å². The van der Waals surface area contributed by atoms with E-state index in [4.69, 9.17) is 0 Å². The van der Waals surface area contributed by atoms with Crippen LogP contribution in [-0.4, -0.2) is 25.5 Å². The molecule has 0 aliphatic rings. The maximum Gasteiger partial charge on any atom is 0.291 e. The molecule has 0 spiro atoms. The Balaban J connectivity index is 1.85. The Morgan fingerprint density at radius 1 is 1.22 bits per heavy atom. The number of aryl methyl sites for hydroxylation is 3. The average Bonchev–Trinajstić information content (AvgIpc) is 2.95. The first kappa shape index (κ1) is 15.1. The number of nitrogens with one attached hydrogen (secondary N) is 1. The van der Waals surface area contributed by atoms with Gasteiger partial charge in [-0.15, -0.1) is 5.10 Å². The van der Waals surface area contributed by atoms with Crippen LogP contribution >= 0.6 is 0 Å². The molecule has 0 aliphatic heterocycles. The number of carbonyl (C=O) groups excluding carboxylic acids is 1. The number of hydrogen-bond acceptors (Lipinski definition) is 4. The van der Waals surface area contributed by atoms with Crippen LogP contribution in [0.25, 0.3) is 5.78 Å². The Hall–Kier alpha value is -2.76. The molecule has 3 aromatic rings. The van der Waals surface area contributed by atoms with Gasteiger partial charge in [0.25, 0.3) is 11.7 Å². The van der Waals surface area contributed by atoms with Gasteiger partial charge in [-0.3, -0.25) is 4.79 Å². The second-order valence-electron chi connectivity index (χ2n) is 5.79. The zero-order valence-corrected chi connectivity index (χ0v) is 13.7. The van der Waals surface area contributed by atoms with Crippen LogP contribution in [0.2, 0.25) is 0 Å². The Morgan fingerprint density at radius 2 is 2.00 bits per heavy atom. The van der Waals surface area contributed by atoms with E-state index in [2.05, 4.69) is 38.6 Å². The predicted octanol–water partition coefficient (Wildman–Crippen LogP) is 2.54. The molecule has 0 aliphatic carbocycles. The fraction of sp³-hybridized carbons (Fsp3) is 0.294. The van der Waals surface area contributed by atoms with Gasteiger partial charge in [0.05, 0.1) is 6.04 Å². The van der Waals surface area contributed by atoms with E-state index >= 15 is 0 Å². The first-order valence-corrected chi connectivity index (χ1v) is 7.52. The van der Waals surface area contributed by atoms with Crippen LogP contribution < -0.4 is 5.32 Å². The van der Waals surface area contributed by atoms with Crippen LogP contribution in [0.15, 0.2) is 30.5 Å². The normalized spacial score (nSPS) is 12.3. The van der Waals surface area contributed by atoms with Crippen molar-refractivity contribution in [1.29, 1.82) is 0 Å². The number of hydrogen-bond donors (Lipinski definition) is 1. The molecule has 1 atom stereocenters. The van der Waals surface area contributed by atoms with E-state index < -0.39 is 0 Å². The summed E-state index contributed by atoms with van der Waals surface area (Å²) in [6, 6.07) is 7.91. The van der Waals surface area contributed by atoms with Crippen LogP contribution in [0.5, 0.6) is 0 Å². The minimum Gasteiger partial charge on any atom is -0.343 e. The zero-order chi connectivity index (χ0) is 16.6.